The van der Waals surface area contributed by atoms with Gasteiger partial charge in [-0.1, -0.05) is 19.1 Å². The predicted octanol–water partition coefficient (Wildman–Crippen LogP) is 2.64. The molecule has 1 N–H and O–H groups in total. The van der Waals surface area contributed by atoms with Crippen molar-refractivity contribution in [3.05, 3.63) is 33.8 Å². The molecular weight excluding hydrogens is 230 g/mol. The molecule has 0 aliphatic carbocycles. The van der Waals surface area contributed by atoms with Gasteiger partial charge in [0.15, 0.2) is 0 Å². The number of carbonyl (C=O) groups excluding carboxylic acids is 1. The summed E-state index contributed by atoms with van der Waals surface area (Å²) in [5.74, 6) is 0.0364. The van der Waals surface area contributed by atoms with Crippen LogP contribution in [-0.2, 0) is 0 Å². The van der Waals surface area contributed by atoms with Gasteiger partial charge >= 0.3 is 0 Å². The second kappa shape index (κ2) is 3.14. The lowest BCUT2D eigenvalue weighted by atomic mass is 10.0. The van der Waals surface area contributed by atoms with E-state index in [4.69, 9.17) is 0 Å². The maximum Gasteiger partial charge on any atom is 0.253 e. The van der Waals surface area contributed by atoms with Gasteiger partial charge in [0, 0.05) is 4.47 Å². The Bertz CT molecular complexity index is 362. The third-order valence-electron chi connectivity index (χ3n) is 2.36. The van der Waals surface area contributed by atoms with Gasteiger partial charge in [-0.15, -0.1) is 0 Å². The van der Waals surface area contributed by atoms with Crippen LogP contribution in [0, 0.1) is 0 Å². The Morgan fingerprint density at radius 2 is 2.31 bits per heavy atom. The van der Waals surface area contributed by atoms with E-state index in [0.29, 0.717) is 0 Å². The van der Waals surface area contributed by atoms with E-state index in [1.54, 1.807) is 0 Å². The third-order valence-corrected chi connectivity index (χ3v) is 3.02. The van der Waals surface area contributed by atoms with Gasteiger partial charge in [0.1, 0.15) is 0 Å². The lowest BCUT2D eigenvalue weighted by Crippen LogP contribution is -2.18. The van der Waals surface area contributed by atoms with Gasteiger partial charge in [-0.25, -0.2) is 0 Å². The summed E-state index contributed by atoms with van der Waals surface area (Å²) in [5, 5.41) is 2.94. The fourth-order valence-electron chi connectivity index (χ4n) is 1.70. The van der Waals surface area contributed by atoms with Crippen LogP contribution in [0.3, 0.4) is 0 Å². The molecule has 3 heteroatoms. The lowest BCUT2D eigenvalue weighted by Gasteiger charge is -2.06. The molecule has 1 heterocycles. The Labute approximate surface area is 85.5 Å². The summed E-state index contributed by atoms with van der Waals surface area (Å²) >= 11 is 3.38. The van der Waals surface area contributed by atoms with Crippen molar-refractivity contribution in [3.63, 3.8) is 0 Å². The topological polar surface area (TPSA) is 29.1 Å². The van der Waals surface area contributed by atoms with Crippen molar-refractivity contribution in [2.45, 2.75) is 19.4 Å². The van der Waals surface area contributed by atoms with Crippen LogP contribution in [0.25, 0.3) is 0 Å². The Hall–Kier alpha value is -0.830. The minimum atomic E-state index is 0.0364. The number of hydrogen-bond acceptors (Lipinski definition) is 1. The first kappa shape index (κ1) is 8.75. The van der Waals surface area contributed by atoms with Gasteiger partial charge in [-0.05, 0) is 34.0 Å². The number of amides is 1. The maximum atomic E-state index is 11.5. The summed E-state index contributed by atoms with van der Waals surface area (Å²) < 4.78 is 0.887. The van der Waals surface area contributed by atoms with E-state index >= 15 is 0 Å². The van der Waals surface area contributed by atoms with Crippen molar-refractivity contribution in [2.75, 3.05) is 0 Å². The van der Waals surface area contributed by atoms with Crippen LogP contribution < -0.4 is 5.32 Å². The van der Waals surface area contributed by atoms with E-state index < -0.39 is 0 Å². The highest BCUT2D eigenvalue weighted by Gasteiger charge is 2.28. The van der Waals surface area contributed by atoms with Crippen molar-refractivity contribution < 1.29 is 4.79 Å². The minimum absolute atomic E-state index is 0.0364. The van der Waals surface area contributed by atoms with Crippen LogP contribution in [0.2, 0.25) is 0 Å². The molecule has 0 spiro atoms. The van der Waals surface area contributed by atoms with E-state index in [2.05, 4.69) is 28.2 Å². The number of nitrogens with one attached hydrogen (secondary N) is 1. The molecule has 0 bridgehead atoms. The zero-order valence-electron chi connectivity index (χ0n) is 7.30. The summed E-state index contributed by atoms with van der Waals surface area (Å²) in [4.78, 5) is 11.5. The maximum absolute atomic E-state index is 11.5. The van der Waals surface area contributed by atoms with Gasteiger partial charge in [0.2, 0.25) is 0 Å². The van der Waals surface area contributed by atoms with Crippen LogP contribution in [0.1, 0.15) is 35.3 Å². The number of halogens is 1. The molecule has 1 aliphatic rings. The second-order valence-corrected chi connectivity index (χ2v) is 3.99. The first-order chi connectivity index (χ1) is 6.24. The van der Waals surface area contributed by atoms with Gasteiger partial charge in [-0.2, -0.15) is 0 Å². The first-order valence-corrected chi connectivity index (χ1v) is 5.12. The molecule has 1 aliphatic heterocycles. The highest BCUT2D eigenvalue weighted by atomic mass is 79.9. The normalized spacial score (nSPS) is 19.8. The highest BCUT2D eigenvalue weighted by Crippen LogP contribution is 2.32. The molecular formula is C10H10BrNO. The average Bonchev–Trinajstić information content (AvgIpc) is 2.44. The van der Waals surface area contributed by atoms with Crippen LogP contribution in [-0.4, -0.2) is 5.91 Å². The first-order valence-electron chi connectivity index (χ1n) is 4.33. The average molecular weight is 240 g/mol. The molecule has 2 rings (SSSR count). The smallest absolute Gasteiger partial charge is 0.253 e. The lowest BCUT2D eigenvalue weighted by molar-refractivity contribution is 0.0955. The number of fused-ring (bicyclic) bond motifs is 1. The number of benzene rings is 1. The molecule has 1 aromatic rings. The summed E-state index contributed by atoms with van der Waals surface area (Å²) in [6.45, 7) is 2.07. The van der Waals surface area contributed by atoms with Crippen molar-refractivity contribution >= 4 is 21.8 Å². The third kappa shape index (κ3) is 1.27. The highest BCUT2D eigenvalue weighted by molar-refractivity contribution is 9.10. The summed E-state index contributed by atoms with van der Waals surface area (Å²) in [6, 6.07) is 6.06. The molecule has 2 nitrogen and oxygen atoms in total. The van der Waals surface area contributed by atoms with E-state index in [1.807, 2.05) is 18.2 Å². The summed E-state index contributed by atoms with van der Waals surface area (Å²) in [6.07, 6.45) is 0.940. The van der Waals surface area contributed by atoms with Crippen LogP contribution >= 0.6 is 15.9 Å². The number of carbonyl (C=O) groups is 1. The van der Waals surface area contributed by atoms with Crippen molar-refractivity contribution in [1.29, 1.82) is 0 Å². The molecule has 0 fully saturated rings. The van der Waals surface area contributed by atoms with Gasteiger partial charge in [0.05, 0.1) is 11.6 Å². The monoisotopic (exact) mass is 239 g/mol. The van der Waals surface area contributed by atoms with E-state index in [1.165, 1.54) is 0 Å². The standard InChI is InChI=1S/C10H10BrNO/c1-2-8-6-4-3-5-7(11)9(6)10(13)12-8/h3-5,8H,2H2,1H3,(H,12,13). The second-order valence-electron chi connectivity index (χ2n) is 3.14. The zero-order valence-corrected chi connectivity index (χ0v) is 8.89. The van der Waals surface area contributed by atoms with Gasteiger partial charge in [0.25, 0.3) is 5.91 Å². The zero-order chi connectivity index (χ0) is 9.42. The molecule has 0 aromatic heterocycles. The fraction of sp³-hybridized carbons (Fsp3) is 0.300. The molecule has 13 heavy (non-hydrogen) atoms. The van der Waals surface area contributed by atoms with Crippen molar-refractivity contribution in [3.8, 4) is 0 Å². The molecule has 1 amide bonds. The number of hydrogen-bond donors (Lipinski definition) is 1. The molecule has 1 unspecified atom stereocenters. The summed E-state index contributed by atoms with van der Waals surface area (Å²) in [7, 11) is 0. The molecule has 0 saturated heterocycles. The Kier molecular flexibility index (Phi) is 2.12. The largest absolute Gasteiger partial charge is 0.345 e. The van der Waals surface area contributed by atoms with Crippen LogP contribution in [0.5, 0.6) is 0 Å². The minimum Gasteiger partial charge on any atom is -0.345 e. The van der Waals surface area contributed by atoms with Crippen molar-refractivity contribution in [1.82, 2.24) is 5.32 Å². The van der Waals surface area contributed by atoms with E-state index in [9.17, 15) is 4.79 Å². The Morgan fingerprint density at radius 3 is 3.00 bits per heavy atom. The molecule has 0 saturated carbocycles. The van der Waals surface area contributed by atoms with Gasteiger partial charge < -0.3 is 5.32 Å². The Morgan fingerprint density at radius 1 is 1.54 bits per heavy atom. The van der Waals surface area contributed by atoms with E-state index in [-0.39, 0.29) is 11.9 Å². The SMILES string of the molecule is CCC1NC(=O)c2c(Br)cccc21. The molecule has 0 radical (unpaired) electrons. The molecule has 68 valence electrons. The summed E-state index contributed by atoms with van der Waals surface area (Å²) in [5.41, 5.74) is 1.91. The van der Waals surface area contributed by atoms with Gasteiger partial charge in [-0.3, -0.25) is 4.79 Å². The van der Waals surface area contributed by atoms with E-state index in [0.717, 1.165) is 22.0 Å². The van der Waals surface area contributed by atoms with Crippen molar-refractivity contribution in [2.24, 2.45) is 0 Å². The molecule has 1 aromatic carbocycles. The molecule has 1 atom stereocenters. The Balaban J connectivity index is 2.57. The predicted molar refractivity (Wildman–Crippen MR) is 54.6 cm³/mol. The fourth-order valence-corrected chi connectivity index (χ4v) is 2.26. The quantitative estimate of drug-likeness (QED) is 0.803. The number of rotatable bonds is 1. The van der Waals surface area contributed by atoms with Crippen LogP contribution in [0.15, 0.2) is 22.7 Å². The van der Waals surface area contributed by atoms with Crippen LogP contribution in [0.4, 0.5) is 0 Å².